The van der Waals surface area contributed by atoms with Crippen LogP contribution in [0.5, 0.6) is 0 Å². The van der Waals surface area contributed by atoms with Crippen LogP contribution in [0.15, 0.2) is 255 Å². The Kier molecular flexibility index (Phi) is 8.99. The Balaban J connectivity index is 0.786. The molecule has 0 amide bonds. The highest BCUT2D eigenvalue weighted by molar-refractivity contribution is 6.11. The monoisotopic (exact) mass is 950 g/mol. The van der Waals surface area contributed by atoms with Crippen LogP contribution in [0.1, 0.15) is 44.5 Å². The standard InChI is InChI=1S/C73H46N2/c1-3-15-53-45-55(35-33-51(53)13-1)74-69-23-11-7-19-61(69)63-41-47(31-39-71(63)74)25-27-49-29-37-59-60-38-30-50(44-68(60)73(67(59)43-49)65-21-9-5-17-57(65)58-18-6-10-22-66(58)73)28-26-48-32-40-72-64(42-48)62-20-8-12-24-70(62)75(72)56-36-34-52-14-2-4-16-54(52)46-56/h1-46H/b27-25+,28-26+. The van der Waals surface area contributed by atoms with Gasteiger partial charge in [0.25, 0.3) is 0 Å². The third-order valence-corrected chi connectivity index (χ3v) is 16.4. The molecule has 2 nitrogen and oxygen atoms in total. The SMILES string of the molecule is C(=C\c1ccc2c(c1)c1ccccc1n2-c1ccc2ccccc2c1)/c1ccc2c(c1)C1(c3ccccc3-c3ccccc31)c1cc(/C=C/c3ccc4c(c3)c3ccccc3n4-c3ccc4ccccc4c3)ccc1-2. The highest BCUT2D eigenvalue weighted by atomic mass is 15.0. The molecule has 0 radical (unpaired) electrons. The Morgan fingerprint density at radius 3 is 1.08 bits per heavy atom. The lowest BCUT2D eigenvalue weighted by Crippen LogP contribution is -2.26. The molecule has 12 aromatic carbocycles. The molecule has 2 aliphatic rings. The van der Waals surface area contributed by atoms with E-state index in [1.165, 1.54) is 143 Å². The fraction of sp³-hybridized carbons (Fsp3) is 0.0137. The zero-order valence-corrected chi connectivity index (χ0v) is 41.0. The van der Waals surface area contributed by atoms with Gasteiger partial charge in [0.2, 0.25) is 0 Å². The molecule has 1 spiro atoms. The zero-order valence-electron chi connectivity index (χ0n) is 41.0. The van der Waals surface area contributed by atoms with Gasteiger partial charge in [-0.2, -0.15) is 0 Å². The van der Waals surface area contributed by atoms with Crippen LogP contribution in [0, 0.1) is 0 Å². The Morgan fingerprint density at radius 2 is 0.600 bits per heavy atom. The van der Waals surface area contributed by atoms with E-state index in [1.54, 1.807) is 0 Å². The van der Waals surface area contributed by atoms with Gasteiger partial charge in [-0.25, -0.2) is 0 Å². The molecule has 75 heavy (non-hydrogen) atoms. The van der Waals surface area contributed by atoms with Crippen molar-refractivity contribution in [1.82, 2.24) is 9.13 Å². The van der Waals surface area contributed by atoms with Crippen LogP contribution in [-0.2, 0) is 5.41 Å². The van der Waals surface area contributed by atoms with E-state index in [9.17, 15) is 0 Å². The number of benzene rings is 12. The second-order valence-electron chi connectivity index (χ2n) is 20.4. The molecule has 0 N–H and O–H groups in total. The van der Waals surface area contributed by atoms with E-state index in [0.717, 1.165) is 0 Å². The second kappa shape index (κ2) is 16.1. The molecule has 0 atom stereocenters. The van der Waals surface area contributed by atoms with Gasteiger partial charge in [-0.1, -0.05) is 206 Å². The number of hydrogen-bond donors (Lipinski definition) is 0. The summed E-state index contributed by atoms with van der Waals surface area (Å²) in [5, 5.41) is 9.98. The van der Waals surface area contributed by atoms with Crippen molar-refractivity contribution in [2.45, 2.75) is 5.41 Å². The zero-order chi connectivity index (χ0) is 49.2. The van der Waals surface area contributed by atoms with Crippen LogP contribution in [0.2, 0.25) is 0 Å². The van der Waals surface area contributed by atoms with Crippen LogP contribution >= 0.6 is 0 Å². The Bertz CT molecular complexity index is 4480. The van der Waals surface area contributed by atoms with Crippen molar-refractivity contribution in [3.05, 3.63) is 299 Å². The largest absolute Gasteiger partial charge is 0.309 e. The first-order chi connectivity index (χ1) is 37.2. The van der Waals surface area contributed by atoms with Gasteiger partial charge in [0.15, 0.2) is 0 Å². The Hall–Kier alpha value is -9.76. The minimum atomic E-state index is -0.474. The van der Waals surface area contributed by atoms with Gasteiger partial charge in [0, 0.05) is 32.9 Å². The molecule has 2 aromatic heterocycles. The summed E-state index contributed by atoms with van der Waals surface area (Å²) < 4.78 is 4.82. The number of aromatic nitrogens is 2. The maximum absolute atomic E-state index is 2.47. The third kappa shape index (κ3) is 6.21. The minimum absolute atomic E-state index is 0.474. The van der Waals surface area contributed by atoms with Crippen molar-refractivity contribution in [2.75, 3.05) is 0 Å². The fourth-order valence-electron chi connectivity index (χ4n) is 13.1. The average molecular weight is 951 g/mol. The maximum Gasteiger partial charge on any atom is 0.0725 e. The van der Waals surface area contributed by atoms with Gasteiger partial charge < -0.3 is 9.13 Å². The van der Waals surface area contributed by atoms with E-state index in [2.05, 4.69) is 288 Å². The lowest BCUT2D eigenvalue weighted by atomic mass is 9.70. The van der Waals surface area contributed by atoms with Gasteiger partial charge in [-0.05, 0) is 161 Å². The molecular weight excluding hydrogens is 905 g/mol. The van der Waals surface area contributed by atoms with E-state index < -0.39 is 5.41 Å². The van der Waals surface area contributed by atoms with Crippen LogP contribution < -0.4 is 0 Å². The predicted octanol–water partition coefficient (Wildman–Crippen LogP) is 18.9. The van der Waals surface area contributed by atoms with Gasteiger partial charge >= 0.3 is 0 Å². The number of hydrogen-bond acceptors (Lipinski definition) is 0. The van der Waals surface area contributed by atoms with Crippen molar-refractivity contribution in [3.8, 4) is 33.6 Å². The van der Waals surface area contributed by atoms with Crippen molar-refractivity contribution in [3.63, 3.8) is 0 Å². The average Bonchev–Trinajstić information content (AvgIpc) is 4.19. The number of rotatable bonds is 6. The summed E-state index contributed by atoms with van der Waals surface area (Å²) in [6.07, 6.45) is 9.18. The molecule has 0 fully saturated rings. The maximum atomic E-state index is 2.47. The minimum Gasteiger partial charge on any atom is -0.309 e. The summed E-state index contributed by atoms with van der Waals surface area (Å²) in [5.74, 6) is 0. The van der Waals surface area contributed by atoms with Crippen molar-refractivity contribution < 1.29 is 0 Å². The first-order valence-corrected chi connectivity index (χ1v) is 26.1. The van der Waals surface area contributed by atoms with Crippen molar-refractivity contribution in [2.24, 2.45) is 0 Å². The highest BCUT2D eigenvalue weighted by Gasteiger charge is 2.51. The second-order valence-corrected chi connectivity index (χ2v) is 20.4. The smallest absolute Gasteiger partial charge is 0.0725 e. The van der Waals surface area contributed by atoms with Crippen molar-refractivity contribution >= 4 is 89.5 Å². The van der Waals surface area contributed by atoms with Gasteiger partial charge in [-0.3, -0.25) is 0 Å². The molecule has 2 aliphatic carbocycles. The molecule has 2 heterocycles. The summed E-state index contributed by atoms with van der Waals surface area (Å²) in [7, 11) is 0. The van der Waals surface area contributed by atoms with Gasteiger partial charge in [0.05, 0.1) is 27.5 Å². The molecule has 14 aromatic rings. The molecule has 348 valence electrons. The van der Waals surface area contributed by atoms with Gasteiger partial charge in [0.1, 0.15) is 0 Å². The summed E-state index contributed by atoms with van der Waals surface area (Å²) in [5.41, 5.74) is 22.0. The third-order valence-electron chi connectivity index (χ3n) is 16.4. The fourth-order valence-corrected chi connectivity index (χ4v) is 13.1. The summed E-state index contributed by atoms with van der Waals surface area (Å²) in [6.45, 7) is 0. The molecule has 16 rings (SSSR count). The highest BCUT2D eigenvalue weighted by Crippen LogP contribution is 2.63. The molecular formula is C73H46N2. The van der Waals surface area contributed by atoms with E-state index in [0.29, 0.717) is 0 Å². The van der Waals surface area contributed by atoms with Crippen LogP contribution in [0.4, 0.5) is 0 Å². The number of para-hydroxylation sites is 2. The van der Waals surface area contributed by atoms with Crippen LogP contribution in [-0.4, -0.2) is 9.13 Å². The number of fused-ring (bicyclic) bond motifs is 18. The normalized spacial score (nSPS) is 13.3. The lowest BCUT2D eigenvalue weighted by Gasteiger charge is -2.30. The van der Waals surface area contributed by atoms with E-state index in [4.69, 9.17) is 0 Å². The van der Waals surface area contributed by atoms with Crippen LogP contribution in [0.25, 0.3) is 123 Å². The molecule has 0 bridgehead atoms. The van der Waals surface area contributed by atoms with E-state index in [-0.39, 0.29) is 0 Å². The summed E-state index contributed by atoms with van der Waals surface area (Å²) in [6, 6.07) is 94.6. The quantitative estimate of drug-likeness (QED) is 0.147. The Morgan fingerprint density at radius 1 is 0.240 bits per heavy atom. The first kappa shape index (κ1) is 41.8. The summed E-state index contributed by atoms with van der Waals surface area (Å²) in [4.78, 5) is 0. The molecule has 0 saturated heterocycles. The van der Waals surface area contributed by atoms with Gasteiger partial charge in [-0.15, -0.1) is 0 Å². The van der Waals surface area contributed by atoms with Crippen molar-refractivity contribution in [1.29, 1.82) is 0 Å². The summed E-state index contributed by atoms with van der Waals surface area (Å²) >= 11 is 0. The topological polar surface area (TPSA) is 9.86 Å². The molecule has 0 saturated carbocycles. The molecule has 2 heteroatoms. The Labute approximate surface area is 434 Å². The lowest BCUT2D eigenvalue weighted by molar-refractivity contribution is 0.793. The van der Waals surface area contributed by atoms with E-state index >= 15 is 0 Å². The predicted molar refractivity (Wildman–Crippen MR) is 317 cm³/mol. The van der Waals surface area contributed by atoms with Crippen LogP contribution in [0.3, 0.4) is 0 Å². The van der Waals surface area contributed by atoms with E-state index in [1.807, 2.05) is 0 Å². The molecule has 0 aliphatic heterocycles. The molecule has 0 unspecified atom stereocenters. The first-order valence-electron chi connectivity index (χ1n) is 26.1. The number of nitrogens with zero attached hydrogens (tertiary/aromatic N) is 2.